The van der Waals surface area contributed by atoms with Crippen LogP contribution in [0.1, 0.15) is 43.2 Å². The van der Waals surface area contributed by atoms with Gasteiger partial charge in [0.25, 0.3) is 0 Å². The van der Waals surface area contributed by atoms with Crippen molar-refractivity contribution in [1.29, 1.82) is 0 Å². The number of aromatic nitrogens is 2. The van der Waals surface area contributed by atoms with Crippen LogP contribution in [-0.2, 0) is 18.6 Å². The number of fused-ring (bicyclic) bond motifs is 3. The molecule has 0 saturated carbocycles. The summed E-state index contributed by atoms with van der Waals surface area (Å²) in [5, 5.41) is 2.50. The van der Waals surface area contributed by atoms with Crippen molar-refractivity contribution >= 4 is 44.9 Å². The Labute approximate surface area is 168 Å². The molecule has 5 heteroatoms. The van der Waals surface area contributed by atoms with E-state index in [0.29, 0.717) is 10.6 Å². The molecular formula is C21H23ClN2S2. The van der Waals surface area contributed by atoms with Crippen molar-refractivity contribution in [3.8, 4) is 0 Å². The molecule has 0 spiro atoms. The molecular weight excluding hydrogens is 380 g/mol. The quantitative estimate of drug-likeness (QED) is 0.274. The molecule has 1 aliphatic rings. The first-order valence-electron chi connectivity index (χ1n) is 9.06. The smallest absolute Gasteiger partial charge is 0.190 e. The van der Waals surface area contributed by atoms with Gasteiger partial charge >= 0.3 is 0 Å². The van der Waals surface area contributed by atoms with Crippen LogP contribution in [0.25, 0.3) is 10.2 Å². The summed E-state index contributed by atoms with van der Waals surface area (Å²) < 4.78 is 0. The van der Waals surface area contributed by atoms with E-state index < -0.39 is 0 Å². The van der Waals surface area contributed by atoms with E-state index >= 15 is 0 Å². The molecule has 0 saturated heterocycles. The fourth-order valence-electron chi connectivity index (χ4n) is 3.64. The summed E-state index contributed by atoms with van der Waals surface area (Å²) in [7, 11) is 0. The number of halogens is 1. The average molecular weight is 403 g/mol. The minimum absolute atomic E-state index is 0.347. The highest BCUT2D eigenvalue weighted by atomic mass is 35.5. The molecule has 1 unspecified atom stereocenters. The lowest BCUT2D eigenvalue weighted by Crippen LogP contribution is -2.26. The van der Waals surface area contributed by atoms with Crippen molar-refractivity contribution in [2.45, 2.75) is 50.9 Å². The summed E-state index contributed by atoms with van der Waals surface area (Å²) in [6, 6.07) is 10.4. The molecule has 0 N–H and O–H groups in total. The van der Waals surface area contributed by atoms with Gasteiger partial charge in [0.15, 0.2) is 5.16 Å². The lowest BCUT2D eigenvalue weighted by molar-refractivity contribution is 0.218. The highest BCUT2D eigenvalue weighted by Crippen LogP contribution is 2.44. The normalized spacial score (nSPS) is 17.5. The van der Waals surface area contributed by atoms with Crippen LogP contribution < -0.4 is 0 Å². The first-order valence-corrected chi connectivity index (χ1v) is 11.2. The van der Waals surface area contributed by atoms with E-state index in [1.54, 1.807) is 11.8 Å². The SMILES string of the molecule is CC(C)(C)C1CCc2c(sc3nc(SCc4ccccc4)nc(Cl)c23)C1. The average Bonchev–Trinajstić information content (AvgIpc) is 2.98. The topological polar surface area (TPSA) is 25.8 Å². The van der Waals surface area contributed by atoms with Crippen LogP contribution in [0.5, 0.6) is 0 Å². The number of rotatable bonds is 3. The maximum atomic E-state index is 6.59. The Bertz CT molecular complexity index is 929. The highest BCUT2D eigenvalue weighted by Gasteiger charge is 2.31. The van der Waals surface area contributed by atoms with Gasteiger partial charge in [-0.05, 0) is 41.7 Å². The molecule has 0 fully saturated rings. The predicted molar refractivity (Wildman–Crippen MR) is 113 cm³/mol. The number of thiophene rings is 1. The Balaban J connectivity index is 1.62. The molecule has 3 aromatic rings. The van der Waals surface area contributed by atoms with Crippen LogP contribution in [0.15, 0.2) is 35.5 Å². The first kappa shape index (κ1) is 18.3. The van der Waals surface area contributed by atoms with Gasteiger partial charge in [0.1, 0.15) is 9.98 Å². The molecule has 1 atom stereocenters. The third kappa shape index (κ3) is 3.64. The van der Waals surface area contributed by atoms with Crippen LogP contribution in [0.3, 0.4) is 0 Å². The Morgan fingerprint density at radius 2 is 1.96 bits per heavy atom. The third-order valence-electron chi connectivity index (χ3n) is 5.28. The zero-order chi connectivity index (χ0) is 18.3. The Morgan fingerprint density at radius 1 is 1.19 bits per heavy atom. The Morgan fingerprint density at radius 3 is 2.69 bits per heavy atom. The fourth-order valence-corrected chi connectivity index (χ4v) is 6.19. The van der Waals surface area contributed by atoms with Crippen molar-refractivity contribution < 1.29 is 0 Å². The largest absolute Gasteiger partial charge is 0.211 e. The van der Waals surface area contributed by atoms with Crippen LogP contribution in [0.2, 0.25) is 5.15 Å². The van der Waals surface area contributed by atoms with Crippen molar-refractivity contribution in [3.05, 3.63) is 51.5 Å². The first-order chi connectivity index (χ1) is 12.4. The van der Waals surface area contributed by atoms with Crippen molar-refractivity contribution in [2.24, 2.45) is 11.3 Å². The van der Waals surface area contributed by atoms with Gasteiger partial charge in [0.05, 0.1) is 5.39 Å². The molecule has 2 heterocycles. The standard InChI is InChI=1S/C21H23ClN2S2/c1-21(2,3)14-9-10-15-16(11-14)26-19-17(15)18(22)23-20(24-19)25-12-13-7-5-4-6-8-13/h4-8,14H,9-12H2,1-3H3. The Hall–Kier alpha value is -1.10. The predicted octanol–water partition coefficient (Wildman–Crippen LogP) is 6.79. The summed E-state index contributed by atoms with van der Waals surface area (Å²) >= 11 is 10.1. The fraction of sp³-hybridized carbons (Fsp3) is 0.429. The van der Waals surface area contributed by atoms with Gasteiger partial charge in [-0.1, -0.05) is 74.5 Å². The zero-order valence-corrected chi connectivity index (χ0v) is 17.8. The van der Waals surface area contributed by atoms with Gasteiger partial charge in [-0.3, -0.25) is 0 Å². The number of benzene rings is 1. The number of hydrogen-bond donors (Lipinski definition) is 0. The second-order valence-corrected chi connectivity index (χ2v) is 10.4. The molecule has 0 aliphatic heterocycles. The number of hydrogen-bond acceptors (Lipinski definition) is 4. The van der Waals surface area contributed by atoms with Crippen molar-refractivity contribution in [1.82, 2.24) is 9.97 Å². The van der Waals surface area contributed by atoms with Crippen molar-refractivity contribution in [3.63, 3.8) is 0 Å². The molecule has 1 aromatic carbocycles. The molecule has 2 nitrogen and oxygen atoms in total. The summed E-state index contributed by atoms with van der Waals surface area (Å²) in [6.45, 7) is 7.04. The molecule has 2 aromatic heterocycles. The molecule has 0 amide bonds. The van der Waals surface area contributed by atoms with E-state index in [-0.39, 0.29) is 0 Å². The highest BCUT2D eigenvalue weighted by molar-refractivity contribution is 7.98. The number of aryl methyl sites for hydroxylation is 1. The number of thioether (sulfide) groups is 1. The summed E-state index contributed by atoms with van der Waals surface area (Å²) in [4.78, 5) is 11.9. The molecule has 26 heavy (non-hydrogen) atoms. The molecule has 1 aliphatic carbocycles. The third-order valence-corrected chi connectivity index (χ3v) is 7.62. The van der Waals surface area contributed by atoms with E-state index in [1.165, 1.54) is 22.4 Å². The molecule has 4 rings (SSSR count). The lowest BCUT2D eigenvalue weighted by atomic mass is 9.72. The van der Waals surface area contributed by atoms with E-state index in [9.17, 15) is 0 Å². The van der Waals surface area contributed by atoms with Gasteiger partial charge in [-0.25, -0.2) is 9.97 Å². The zero-order valence-electron chi connectivity index (χ0n) is 15.4. The maximum absolute atomic E-state index is 6.59. The monoisotopic (exact) mass is 402 g/mol. The second-order valence-electron chi connectivity index (χ2n) is 8.06. The van der Waals surface area contributed by atoms with E-state index in [2.05, 4.69) is 50.0 Å². The van der Waals surface area contributed by atoms with Crippen molar-refractivity contribution in [2.75, 3.05) is 0 Å². The molecule has 0 bridgehead atoms. The minimum atomic E-state index is 0.347. The molecule has 0 radical (unpaired) electrons. The summed E-state index contributed by atoms with van der Waals surface area (Å²) in [5.74, 6) is 1.58. The van der Waals surface area contributed by atoms with Crippen LogP contribution >= 0.6 is 34.7 Å². The molecule has 136 valence electrons. The van der Waals surface area contributed by atoms with Gasteiger partial charge in [0, 0.05) is 10.6 Å². The van der Waals surface area contributed by atoms with E-state index in [1.807, 2.05) is 17.4 Å². The van der Waals surface area contributed by atoms with E-state index in [0.717, 1.165) is 39.9 Å². The summed E-state index contributed by atoms with van der Waals surface area (Å²) in [6.07, 6.45) is 3.46. The van der Waals surface area contributed by atoms with Gasteiger partial charge in [0.2, 0.25) is 0 Å². The van der Waals surface area contributed by atoms with Crippen LogP contribution in [-0.4, -0.2) is 9.97 Å². The van der Waals surface area contributed by atoms with Gasteiger partial charge in [-0.15, -0.1) is 11.3 Å². The summed E-state index contributed by atoms with van der Waals surface area (Å²) in [5.41, 5.74) is 3.02. The van der Waals surface area contributed by atoms with Gasteiger partial charge in [-0.2, -0.15) is 0 Å². The number of nitrogens with zero attached hydrogens (tertiary/aromatic N) is 2. The van der Waals surface area contributed by atoms with Crippen LogP contribution in [0, 0.1) is 11.3 Å². The second kappa shape index (κ2) is 7.14. The maximum Gasteiger partial charge on any atom is 0.190 e. The minimum Gasteiger partial charge on any atom is -0.211 e. The lowest BCUT2D eigenvalue weighted by Gasteiger charge is -2.33. The van der Waals surface area contributed by atoms with Crippen LogP contribution in [0.4, 0.5) is 0 Å². The van der Waals surface area contributed by atoms with E-state index in [4.69, 9.17) is 16.6 Å². The Kier molecular flexibility index (Phi) is 5.02. The van der Waals surface area contributed by atoms with Gasteiger partial charge < -0.3 is 0 Å².